The van der Waals surface area contributed by atoms with Crippen molar-refractivity contribution >= 4 is 5.96 Å². The van der Waals surface area contributed by atoms with Gasteiger partial charge < -0.3 is 19.9 Å². The second-order valence-corrected chi connectivity index (χ2v) is 7.74. The van der Waals surface area contributed by atoms with Crippen LogP contribution in [0.3, 0.4) is 0 Å². The van der Waals surface area contributed by atoms with E-state index in [4.69, 9.17) is 9.73 Å². The summed E-state index contributed by atoms with van der Waals surface area (Å²) in [7, 11) is 0. The zero-order valence-electron chi connectivity index (χ0n) is 16.9. The molecule has 1 aromatic carbocycles. The molecule has 1 atom stereocenters. The zero-order chi connectivity index (χ0) is 18.7. The summed E-state index contributed by atoms with van der Waals surface area (Å²) in [6.07, 6.45) is 5.08. The monoisotopic (exact) mass is 372 g/mol. The van der Waals surface area contributed by atoms with Gasteiger partial charge in [0.25, 0.3) is 0 Å². The molecule has 2 heterocycles. The number of hydrogen-bond donors (Lipinski definition) is 1. The Bertz CT molecular complexity index is 557. The minimum Gasteiger partial charge on any atom is -0.376 e. The first kappa shape index (κ1) is 20.2. The van der Waals surface area contributed by atoms with E-state index >= 15 is 0 Å². The molecule has 1 aromatic rings. The molecule has 2 aliphatic heterocycles. The van der Waals surface area contributed by atoms with Crippen LogP contribution in [0.1, 0.15) is 38.2 Å². The zero-order valence-corrected chi connectivity index (χ0v) is 16.9. The molecule has 0 spiro atoms. The molecular weight excluding hydrogens is 336 g/mol. The number of ether oxygens (including phenoxy) is 1. The molecule has 0 amide bonds. The molecule has 1 unspecified atom stereocenters. The molecule has 0 aliphatic carbocycles. The summed E-state index contributed by atoms with van der Waals surface area (Å²) in [5, 5.41) is 3.48. The summed E-state index contributed by atoms with van der Waals surface area (Å²) in [5.74, 6) is 1.69. The predicted octanol–water partition coefficient (Wildman–Crippen LogP) is 2.98. The number of aliphatic imine (C=N–C) groups is 1. The van der Waals surface area contributed by atoms with E-state index in [1.807, 2.05) is 6.07 Å². The number of guanidine groups is 1. The average Bonchev–Trinajstić information content (AvgIpc) is 3.37. The Balaban J connectivity index is 1.37. The third kappa shape index (κ3) is 6.82. The Kier molecular flexibility index (Phi) is 8.43. The molecule has 2 fully saturated rings. The van der Waals surface area contributed by atoms with Crippen molar-refractivity contribution in [2.45, 2.75) is 39.2 Å². The van der Waals surface area contributed by atoms with Crippen LogP contribution in [0.5, 0.6) is 0 Å². The lowest BCUT2D eigenvalue weighted by Crippen LogP contribution is -2.40. The van der Waals surface area contributed by atoms with Gasteiger partial charge in [-0.1, -0.05) is 30.3 Å². The number of nitrogens with one attached hydrogen (secondary N) is 1. The summed E-state index contributed by atoms with van der Waals surface area (Å²) >= 11 is 0. The topological polar surface area (TPSA) is 40.1 Å². The Morgan fingerprint density at radius 2 is 2.00 bits per heavy atom. The number of nitrogens with zero attached hydrogens (tertiary/aromatic N) is 3. The fourth-order valence-corrected chi connectivity index (χ4v) is 3.99. The van der Waals surface area contributed by atoms with Gasteiger partial charge >= 0.3 is 0 Å². The molecule has 5 nitrogen and oxygen atoms in total. The highest BCUT2D eigenvalue weighted by molar-refractivity contribution is 5.80. The molecule has 3 rings (SSSR count). The predicted molar refractivity (Wildman–Crippen MR) is 112 cm³/mol. The van der Waals surface area contributed by atoms with E-state index in [0.29, 0.717) is 12.5 Å². The van der Waals surface area contributed by atoms with E-state index in [1.165, 1.54) is 44.5 Å². The summed E-state index contributed by atoms with van der Waals surface area (Å²) < 4.78 is 5.95. The highest BCUT2D eigenvalue weighted by atomic mass is 16.5. The van der Waals surface area contributed by atoms with Crippen molar-refractivity contribution in [1.29, 1.82) is 0 Å². The molecule has 5 heteroatoms. The summed E-state index contributed by atoms with van der Waals surface area (Å²) in [6, 6.07) is 10.4. The van der Waals surface area contributed by atoms with Gasteiger partial charge in [-0.05, 0) is 57.8 Å². The van der Waals surface area contributed by atoms with Crippen LogP contribution in [0.25, 0.3) is 0 Å². The van der Waals surface area contributed by atoms with Crippen LogP contribution < -0.4 is 5.32 Å². The normalized spacial score (nSPS) is 21.1. The molecule has 0 aromatic heterocycles. The first-order valence-electron chi connectivity index (χ1n) is 10.7. The maximum absolute atomic E-state index is 5.95. The molecule has 150 valence electrons. The van der Waals surface area contributed by atoms with E-state index < -0.39 is 0 Å². The maximum Gasteiger partial charge on any atom is 0.193 e. The van der Waals surface area contributed by atoms with Gasteiger partial charge in [-0.3, -0.25) is 4.99 Å². The van der Waals surface area contributed by atoms with Crippen LogP contribution in [0.4, 0.5) is 0 Å². The van der Waals surface area contributed by atoms with Crippen LogP contribution in [-0.4, -0.2) is 68.2 Å². The van der Waals surface area contributed by atoms with Gasteiger partial charge in [0.05, 0.1) is 13.2 Å². The summed E-state index contributed by atoms with van der Waals surface area (Å²) in [5.41, 5.74) is 1.25. The second kappa shape index (κ2) is 11.3. The fourth-order valence-electron chi connectivity index (χ4n) is 3.99. The van der Waals surface area contributed by atoms with Gasteiger partial charge in [-0.15, -0.1) is 0 Å². The largest absolute Gasteiger partial charge is 0.376 e. The fraction of sp³-hybridized carbons (Fsp3) is 0.682. The molecule has 2 aliphatic rings. The van der Waals surface area contributed by atoms with E-state index in [9.17, 15) is 0 Å². The first-order valence-corrected chi connectivity index (χ1v) is 10.7. The lowest BCUT2D eigenvalue weighted by atomic mass is 10.1. The van der Waals surface area contributed by atoms with Crippen molar-refractivity contribution < 1.29 is 4.74 Å². The van der Waals surface area contributed by atoms with Crippen molar-refractivity contribution in [3.63, 3.8) is 0 Å². The third-order valence-electron chi connectivity index (χ3n) is 5.48. The van der Waals surface area contributed by atoms with Crippen molar-refractivity contribution in [2.75, 3.05) is 52.4 Å². The van der Waals surface area contributed by atoms with Crippen molar-refractivity contribution in [1.82, 2.24) is 15.1 Å². The molecule has 0 bridgehead atoms. The minimum atomic E-state index is 0.599. The number of rotatable bonds is 9. The lowest BCUT2D eigenvalue weighted by molar-refractivity contribution is 0.0907. The van der Waals surface area contributed by atoms with Crippen LogP contribution in [-0.2, 0) is 11.3 Å². The Labute approximate surface area is 164 Å². The Morgan fingerprint density at radius 1 is 1.19 bits per heavy atom. The molecular formula is C22H36N4O. The second-order valence-electron chi connectivity index (χ2n) is 7.74. The molecule has 0 saturated carbocycles. The molecule has 27 heavy (non-hydrogen) atoms. The van der Waals surface area contributed by atoms with Gasteiger partial charge in [0, 0.05) is 32.1 Å². The molecule has 1 N–H and O–H groups in total. The third-order valence-corrected chi connectivity index (χ3v) is 5.48. The van der Waals surface area contributed by atoms with E-state index in [1.54, 1.807) is 0 Å². The molecule has 0 radical (unpaired) electrons. The van der Waals surface area contributed by atoms with E-state index in [0.717, 1.165) is 45.2 Å². The first-order chi connectivity index (χ1) is 13.3. The quantitative estimate of drug-likeness (QED) is 0.411. The van der Waals surface area contributed by atoms with Crippen LogP contribution in [0.2, 0.25) is 0 Å². The van der Waals surface area contributed by atoms with Crippen molar-refractivity contribution in [2.24, 2.45) is 10.9 Å². The van der Waals surface area contributed by atoms with Gasteiger partial charge in [-0.2, -0.15) is 0 Å². The standard InChI is InChI=1S/C22H36N4O/c1-2-23-22(24-12-8-15-25-13-6-7-14-25)26-16-11-21(17-26)19-27-18-20-9-4-3-5-10-20/h3-5,9-10,21H,2,6-8,11-19H2,1H3,(H,23,24). The van der Waals surface area contributed by atoms with Gasteiger partial charge in [-0.25, -0.2) is 0 Å². The van der Waals surface area contributed by atoms with Crippen LogP contribution >= 0.6 is 0 Å². The van der Waals surface area contributed by atoms with Gasteiger partial charge in [0.15, 0.2) is 5.96 Å². The van der Waals surface area contributed by atoms with E-state index in [2.05, 4.69) is 46.3 Å². The Morgan fingerprint density at radius 3 is 2.78 bits per heavy atom. The minimum absolute atomic E-state index is 0.599. The number of benzene rings is 1. The van der Waals surface area contributed by atoms with Crippen molar-refractivity contribution in [3.05, 3.63) is 35.9 Å². The maximum atomic E-state index is 5.95. The van der Waals surface area contributed by atoms with Gasteiger partial charge in [0.1, 0.15) is 0 Å². The number of likely N-dealkylation sites (tertiary alicyclic amines) is 2. The average molecular weight is 373 g/mol. The summed E-state index contributed by atoms with van der Waals surface area (Å²) in [6.45, 7) is 11.4. The van der Waals surface area contributed by atoms with Gasteiger partial charge in [0.2, 0.25) is 0 Å². The Hall–Kier alpha value is -1.59. The highest BCUT2D eigenvalue weighted by Gasteiger charge is 2.25. The lowest BCUT2D eigenvalue weighted by Gasteiger charge is -2.22. The van der Waals surface area contributed by atoms with Crippen molar-refractivity contribution in [3.8, 4) is 0 Å². The van der Waals surface area contributed by atoms with E-state index in [-0.39, 0.29) is 0 Å². The molecule has 2 saturated heterocycles. The van der Waals surface area contributed by atoms with Crippen LogP contribution in [0.15, 0.2) is 35.3 Å². The summed E-state index contributed by atoms with van der Waals surface area (Å²) in [4.78, 5) is 9.86. The SMILES string of the molecule is CCNC(=NCCCN1CCCC1)N1CCC(COCc2ccccc2)C1. The smallest absolute Gasteiger partial charge is 0.193 e. The van der Waals surface area contributed by atoms with Crippen LogP contribution in [0, 0.1) is 5.92 Å². The number of hydrogen-bond acceptors (Lipinski definition) is 3. The highest BCUT2D eigenvalue weighted by Crippen LogP contribution is 2.17.